The van der Waals surface area contributed by atoms with E-state index in [4.69, 9.17) is 0 Å². The minimum atomic E-state index is 0.949. The molecule has 0 saturated heterocycles. The Bertz CT molecular complexity index is 452. The Morgan fingerprint density at radius 2 is 1.81 bits per heavy atom. The van der Waals surface area contributed by atoms with Crippen LogP contribution in [0.25, 0.3) is 5.70 Å². The number of allylic oxidation sites excluding steroid dienone is 3. The molecule has 0 N–H and O–H groups in total. The number of nitrogens with zero attached hydrogens (tertiary/aromatic N) is 1. The van der Waals surface area contributed by atoms with E-state index in [1.165, 1.54) is 16.8 Å². The summed E-state index contributed by atoms with van der Waals surface area (Å²) in [7, 11) is 0. The molecule has 0 spiro atoms. The Kier molecular flexibility index (Phi) is 2.95. The average Bonchev–Trinajstić information content (AvgIpc) is 2.33. The van der Waals surface area contributed by atoms with Gasteiger partial charge in [0.15, 0.2) is 0 Å². The van der Waals surface area contributed by atoms with Crippen molar-refractivity contribution in [2.24, 2.45) is 0 Å². The Morgan fingerprint density at radius 3 is 2.44 bits per heavy atom. The van der Waals surface area contributed by atoms with Crippen LogP contribution in [-0.4, -0.2) is 11.4 Å². The maximum absolute atomic E-state index is 4.14. The van der Waals surface area contributed by atoms with Gasteiger partial charge in [0.25, 0.3) is 0 Å². The van der Waals surface area contributed by atoms with Crippen molar-refractivity contribution in [3.8, 4) is 0 Å². The molecule has 0 unspecified atom stereocenters. The second kappa shape index (κ2) is 4.40. The number of rotatable bonds is 2. The van der Waals surface area contributed by atoms with Crippen molar-refractivity contribution < 1.29 is 0 Å². The predicted octanol–water partition coefficient (Wildman–Crippen LogP) is 3.82. The van der Waals surface area contributed by atoms with Crippen LogP contribution in [0.5, 0.6) is 0 Å². The Balaban J connectivity index is 2.44. The SMILES string of the molecule is C=C1C(C)=CC=C(c2ccccc2)N1CC. The van der Waals surface area contributed by atoms with Crippen molar-refractivity contribution in [3.05, 3.63) is 65.9 Å². The molecule has 0 saturated carbocycles. The third-order valence-corrected chi connectivity index (χ3v) is 2.95. The highest BCUT2D eigenvalue weighted by Gasteiger charge is 2.16. The first kappa shape index (κ1) is 10.7. The molecule has 1 nitrogen and oxygen atoms in total. The maximum atomic E-state index is 4.14. The van der Waals surface area contributed by atoms with Crippen LogP contribution in [0.2, 0.25) is 0 Å². The first-order valence-corrected chi connectivity index (χ1v) is 5.65. The molecule has 1 aromatic carbocycles. The number of benzene rings is 1. The van der Waals surface area contributed by atoms with Gasteiger partial charge in [-0.25, -0.2) is 0 Å². The molecule has 0 fully saturated rings. The third kappa shape index (κ3) is 1.81. The number of hydrogen-bond donors (Lipinski definition) is 0. The third-order valence-electron chi connectivity index (χ3n) is 2.95. The van der Waals surface area contributed by atoms with Crippen molar-refractivity contribution in [1.82, 2.24) is 4.90 Å². The molecule has 0 aliphatic carbocycles. The monoisotopic (exact) mass is 211 g/mol. The lowest BCUT2D eigenvalue weighted by molar-refractivity contribution is 0.522. The van der Waals surface area contributed by atoms with Gasteiger partial charge in [-0.2, -0.15) is 0 Å². The Morgan fingerprint density at radius 1 is 1.12 bits per heavy atom. The molecule has 2 rings (SSSR count). The number of likely N-dealkylation sites (N-methyl/N-ethyl adjacent to an activating group) is 1. The largest absolute Gasteiger partial charge is 0.342 e. The van der Waals surface area contributed by atoms with Crippen LogP contribution in [0.3, 0.4) is 0 Å². The molecule has 1 heteroatoms. The standard InChI is InChI=1S/C15H17N/c1-4-16-13(3)12(2)10-11-15(16)14-8-6-5-7-9-14/h5-11H,3-4H2,1-2H3. The van der Waals surface area contributed by atoms with Gasteiger partial charge in [0, 0.05) is 17.9 Å². The van der Waals surface area contributed by atoms with Crippen LogP contribution in [0.4, 0.5) is 0 Å². The smallest absolute Gasteiger partial charge is 0.0484 e. The van der Waals surface area contributed by atoms with E-state index < -0.39 is 0 Å². The fourth-order valence-corrected chi connectivity index (χ4v) is 1.97. The quantitative estimate of drug-likeness (QED) is 0.718. The van der Waals surface area contributed by atoms with Crippen molar-refractivity contribution >= 4 is 5.70 Å². The fourth-order valence-electron chi connectivity index (χ4n) is 1.97. The van der Waals surface area contributed by atoms with Crippen LogP contribution < -0.4 is 0 Å². The molecular weight excluding hydrogens is 194 g/mol. The van der Waals surface area contributed by atoms with E-state index in [2.05, 4.69) is 61.7 Å². The van der Waals surface area contributed by atoms with Crippen molar-refractivity contribution in [3.63, 3.8) is 0 Å². The summed E-state index contributed by atoms with van der Waals surface area (Å²) in [5.41, 5.74) is 4.82. The van der Waals surface area contributed by atoms with E-state index in [0.29, 0.717) is 0 Å². The molecule has 82 valence electrons. The van der Waals surface area contributed by atoms with Gasteiger partial charge >= 0.3 is 0 Å². The van der Waals surface area contributed by atoms with Crippen molar-refractivity contribution in [1.29, 1.82) is 0 Å². The van der Waals surface area contributed by atoms with E-state index in [-0.39, 0.29) is 0 Å². The van der Waals surface area contributed by atoms with E-state index in [1.54, 1.807) is 0 Å². The summed E-state index contributed by atoms with van der Waals surface area (Å²) < 4.78 is 0. The lowest BCUT2D eigenvalue weighted by Gasteiger charge is -2.31. The van der Waals surface area contributed by atoms with Gasteiger partial charge in [0.05, 0.1) is 0 Å². The van der Waals surface area contributed by atoms with Crippen molar-refractivity contribution in [2.75, 3.05) is 6.54 Å². The van der Waals surface area contributed by atoms with Gasteiger partial charge in [-0.05, 0) is 31.1 Å². The zero-order valence-corrected chi connectivity index (χ0v) is 9.90. The molecule has 1 aromatic rings. The fraction of sp³-hybridized carbons (Fsp3) is 0.200. The molecule has 0 radical (unpaired) electrons. The number of hydrogen-bond acceptors (Lipinski definition) is 1. The normalized spacial score (nSPS) is 15.9. The predicted molar refractivity (Wildman–Crippen MR) is 69.7 cm³/mol. The topological polar surface area (TPSA) is 3.24 Å². The molecule has 0 atom stereocenters. The van der Waals surface area contributed by atoms with Crippen LogP contribution >= 0.6 is 0 Å². The van der Waals surface area contributed by atoms with E-state index in [1.807, 2.05) is 6.07 Å². The van der Waals surface area contributed by atoms with Crippen molar-refractivity contribution in [2.45, 2.75) is 13.8 Å². The highest BCUT2D eigenvalue weighted by Crippen LogP contribution is 2.29. The zero-order valence-electron chi connectivity index (χ0n) is 9.90. The first-order valence-electron chi connectivity index (χ1n) is 5.65. The average molecular weight is 211 g/mol. The summed E-state index contributed by atoms with van der Waals surface area (Å²) in [6, 6.07) is 10.4. The highest BCUT2D eigenvalue weighted by atomic mass is 15.1. The van der Waals surface area contributed by atoms with E-state index in [0.717, 1.165) is 12.2 Å². The summed E-state index contributed by atoms with van der Waals surface area (Å²) in [5, 5.41) is 0. The molecule has 1 heterocycles. The van der Waals surface area contributed by atoms with E-state index in [9.17, 15) is 0 Å². The lowest BCUT2D eigenvalue weighted by atomic mass is 10.0. The lowest BCUT2D eigenvalue weighted by Crippen LogP contribution is -2.23. The van der Waals surface area contributed by atoms with Gasteiger partial charge < -0.3 is 4.90 Å². The minimum Gasteiger partial charge on any atom is -0.342 e. The van der Waals surface area contributed by atoms with Gasteiger partial charge in [0.2, 0.25) is 0 Å². The Labute approximate surface area is 97.4 Å². The molecular formula is C15H17N. The first-order chi connectivity index (χ1) is 7.74. The molecule has 16 heavy (non-hydrogen) atoms. The molecule has 1 aliphatic heterocycles. The van der Waals surface area contributed by atoms with Crippen LogP contribution in [-0.2, 0) is 0 Å². The van der Waals surface area contributed by atoms with Gasteiger partial charge in [-0.3, -0.25) is 0 Å². The van der Waals surface area contributed by atoms with E-state index >= 15 is 0 Å². The van der Waals surface area contributed by atoms with Gasteiger partial charge in [-0.1, -0.05) is 43.0 Å². The zero-order chi connectivity index (χ0) is 11.5. The Hall–Kier alpha value is -1.76. The highest BCUT2D eigenvalue weighted by molar-refractivity contribution is 5.70. The minimum absolute atomic E-state index is 0.949. The van der Waals surface area contributed by atoms with Crippen LogP contribution in [0, 0.1) is 0 Å². The summed E-state index contributed by atoms with van der Waals surface area (Å²) in [4.78, 5) is 2.25. The van der Waals surface area contributed by atoms with Gasteiger partial charge in [-0.15, -0.1) is 0 Å². The maximum Gasteiger partial charge on any atom is 0.0484 e. The second-order valence-corrected chi connectivity index (χ2v) is 3.96. The molecule has 0 aromatic heterocycles. The summed E-state index contributed by atoms with van der Waals surface area (Å²) in [6.07, 6.45) is 4.31. The summed E-state index contributed by atoms with van der Waals surface area (Å²) >= 11 is 0. The van der Waals surface area contributed by atoms with Crippen LogP contribution in [0.1, 0.15) is 19.4 Å². The summed E-state index contributed by atoms with van der Waals surface area (Å²) in [6.45, 7) is 9.34. The van der Waals surface area contributed by atoms with Gasteiger partial charge in [0.1, 0.15) is 0 Å². The second-order valence-electron chi connectivity index (χ2n) is 3.96. The molecule has 0 bridgehead atoms. The molecule has 0 amide bonds. The molecule has 1 aliphatic rings. The van der Waals surface area contributed by atoms with Crippen LogP contribution in [0.15, 0.2) is 60.3 Å². The summed E-state index contributed by atoms with van der Waals surface area (Å²) in [5.74, 6) is 0.